The Labute approximate surface area is 83.1 Å². The highest BCUT2D eigenvalue weighted by atomic mass is 32.1. The zero-order valence-corrected chi connectivity index (χ0v) is 8.91. The average Bonchev–Trinajstić information content (AvgIpc) is 2.47. The lowest BCUT2D eigenvalue weighted by molar-refractivity contribution is 0.0986. The third kappa shape index (κ3) is 2.81. The van der Waals surface area contributed by atoms with Crippen LogP contribution in [0.15, 0.2) is 23.6 Å². The fourth-order valence-electron chi connectivity index (χ4n) is 1.10. The number of thiophene rings is 1. The van der Waals surface area contributed by atoms with Gasteiger partial charge in [0.15, 0.2) is 5.78 Å². The molecule has 0 aliphatic heterocycles. The van der Waals surface area contributed by atoms with E-state index < -0.39 is 0 Å². The molecule has 0 bridgehead atoms. The second-order valence-electron chi connectivity index (χ2n) is 3.31. The Balaban J connectivity index is 2.59. The quantitative estimate of drug-likeness (QED) is 0.528. The molecule has 2 heteroatoms. The van der Waals surface area contributed by atoms with Gasteiger partial charge < -0.3 is 0 Å². The molecule has 1 aromatic rings. The van der Waals surface area contributed by atoms with Gasteiger partial charge in [0.25, 0.3) is 0 Å². The number of hydrogen-bond acceptors (Lipinski definition) is 2. The molecule has 0 aromatic carbocycles. The summed E-state index contributed by atoms with van der Waals surface area (Å²) in [6, 6.07) is 1.98. The number of allylic oxidation sites excluding steroid dienone is 1. The molecular weight excluding hydrogens is 180 g/mol. The number of rotatable bonds is 4. The van der Waals surface area contributed by atoms with E-state index in [1.165, 1.54) is 11.3 Å². The molecule has 1 nitrogen and oxygen atoms in total. The monoisotopic (exact) mass is 194 g/mol. The van der Waals surface area contributed by atoms with E-state index in [0.29, 0.717) is 6.42 Å². The second kappa shape index (κ2) is 4.38. The highest BCUT2D eigenvalue weighted by Gasteiger charge is 2.09. The summed E-state index contributed by atoms with van der Waals surface area (Å²) in [6.45, 7) is 7.71. The summed E-state index contributed by atoms with van der Waals surface area (Å²) >= 11 is 1.53. The van der Waals surface area contributed by atoms with Crippen molar-refractivity contribution >= 4 is 17.1 Å². The molecule has 0 radical (unpaired) electrons. The molecule has 13 heavy (non-hydrogen) atoms. The van der Waals surface area contributed by atoms with Crippen molar-refractivity contribution in [2.24, 2.45) is 0 Å². The maximum absolute atomic E-state index is 11.6. The Morgan fingerprint density at radius 1 is 1.54 bits per heavy atom. The minimum atomic E-state index is 0.246. The van der Waals surface area contributed by atoms with Crippen molar-refractivity contribution < 1.29 is 4.79 Å². The summed E-state index contributed by atoms with van der Waals surface area (Å²) in [5, 5.41) is 1.96. The molecule has 0 saturated carbocycles. The van der Waals surface area contributed by atoms with E-state index >= 15 is 0 Å². The van der Waals surface area contributed by atoms with E-state index in [0.717, 1.165) is 22.4 Å². The number of hydrogen-bond donors (Lipinski definition) is 0. The average molecular weight is 194 g/mol. The zero-order chi connectivity index (χ0) is 9.84. The van der Waals surface area contributed by atoms with Crippen LogP contribution in [0.1, 0.15) is 35.0 Å². The van der Waals surface area contributed by atoms with Crippen LogP contribution in [-0.4, -0.2) is 5.78 Å². The summed E-state index contributed by atoms with van der Waals surface area (Å²) in [7, 11) is 0. The van der Waals surface area contributed by atoms with E-state index in [-0.39, 0.29) is 5.78 Å². The maximum Gasteiger partial charge on any atom is 0.173 e. The Morgan fingerprint density at radius 3 is 2.69 bits per heavy atom. The smallest absolute Gasteiger partial charge is 0.173 e. The van der Waals surface area contributed by atoms with Crippen molar-refractivity contribution in [3.8, 4) is 0 Å². The fourth-order valence-corrected chi connectivity index (χ4v) is 1.99. The van der Waals surface area contributed by atoms with Gasteiger partial charge in [-0.25, -0.2) is 0 Å². The van der Waals surface area contributed by atoms with Crippen LogP contribution in [0.5, 0.6) is 0 Å². The molecule has 1 rings (SSSR count). The molecule has 0 fully saturated rings. The van der Waals surface area contributed by atoms with Crippen LogP contribution in [0, 0.1) is 6.92 Å². The minimum absolute atomic E-state index is 0.246. The van der Waals surface area contributed by atoms with Gasteiger partial charge in [-0.05, 0) is 37.3 Å². The molecule has 0 atom stereocenters. The summed E-state index contributed by atoms with van der Waals surface area (Å²) in [4.78, 5) is 12.5. The first-order valence-corrected chi connectivity index (χ1v) is 5.21. The van der Waals surface area contributed by atoms with Gasteiger partial charge in [-0.1, -0.05) is 5.57 Å². The van der Waals surface area contributed by atoms with Crippen molar-refractivity contribution in [3.63, 3.8) is 0 Å². The molecule has 0 saturated heterocycles. The first-order valence-electron chi connectivity index (χ1n) is 4.33. The lowest BCUT2D eigenvalue weighted by Gasteiger charge is -1.98. The van der Waals surface area contributed by atoms with Crippen LogP contribution in [0.2, 0.25) is 0 Å². The lowest BCUT2D eigenvalue weighted by atomic mass is 10.1. The van der Waals surface area contributed by atoms with Gasteiger partial charge in [0.1, 0.15) is 0 Å². The Hall–Kier alpha value is -0.890. The molecule has 0 spiro atoms. The molecule has 70 valence electrons. The Morgan fingerprint density at radius 2 is 2.23 bits per heavy atom. The first kappa shape index (κ1) is 10.2. The van der Waals surface area contributed by atoms with Gasteiger partial charge in [0, 0.05) is 6.42 Å². The van der Waals surface area contributed by atoms with E-state index in [9.17, 15) is 4.79 Å². The van der Waals surface area contributed by atoms with E-state index in [4.69, 9.17) is 0 Å². The zero-order valence-electron chi connectivity index (χ0n) is 8.09. The SMILES string of the molecule is C=C(C)CCC(=O)c1sccc1C. The third-order valence-corrected chi connectivity index (χ3v) is 2.95. The first-order chi connectivity index (χ1) is 6.11. The molecule has 0 unspecified atom stereocenters. The molecular formula is C11H14OS. The van der Waals surface area contributed by atoms with Gasteiger partial charge in [-0.15, -0.1) is 17.9 Å². The predicted octanol–water partition coefficient (Wildman–Crippen LogP) is 3.60. The van der Waals surface area contributed by atoms with Gasteiger partial charge in [-0.3, -0.25) is 4.79 Å². The number of ketones is 1. The third-order valence-electron chi connectivity index (χ3n) is 1.89. The van der Waals surface area contributed by atoms with Crippen molar-refractivity contribution in [3.05, 3.63) is 34.0 Å². The predicted molar refractivity (Wildman–Crippen MR) is 57.4 cm³/mol. The van der Waals surface area contributed by atoms with Crippen molar-refractivity contribution in [2.45, 2.75) is 26.7 Å². The molecule has 0 aliphatic carbocycles. The van der Waals surface area contributed by atoms with Gasteiger partial charge in [0.05, 0.1) is 4.88 Å². The molecule has 0 amide bonds. The van der Waals surface area contributed by atoms with Crippen molar-refractivity contribution in [2.75, 3.05) is 0 Å². The largest absolute Gasteiger partial charge is 0.293 e. The maximum atomic E-state index is 11.6. The van der Waals surface area contributed by atoms with Gasteiger partial charge >= 0.3 is 0 Å². The van der Waals surface area contributed by atoms with Crippen LogP contribution in [0.25, 0.3) is 0 Å². The summed E-state index contributed by atoms with van der Waals surface area (Å²) in [6.07, 6.45) is 1.40. The highest BCUT2D eigenvalue weighted by Crippen LogP contribution is 2.18. The standard InChI is InChI=1S/C11H14OS/c1-8(2)4-5-10(12)11-9(3)6-7-13-11/h6-7H,1,4-5H2,2-3H3. The second-order valence-corrected chi connectivity index (χ2v) is 4.23. The van der Waals surface area contributed by atoms with E-state index in [1.54, 1.807) is 0 Å². The van der Waals surface area contributed by atoms with Crippen LogP contribution < -0.4 is 0 Å². The van der Waals surface area contributed by atoms with Crippen molar-refractivity contribution in [1.82, 2.24) is 0 Å². The molecule has 1 heterocycles. The topological polar surface area (TPSA) is 17.1 Å². The summed E-state index contributed by atoms with van der Waals surface area (Å²) in [5.41, 5.74) is 2.17. The number of Topliss-reactive ketones (excluding diaryl/α,β-unsaturated/α-hetero) is 1. The Kier molecular flexibility index (Phi) is 3.43. The van der Waals surface area contributed by atoms with Crippen molar-refractivity contribution in [1.29, 1.82) is 0 Å². The van der Waals surface area contributed by atoms with E-state index in [2.05, 4.69) is 6.58 Å². The van der Waals surface area contributed by atoms with E-state index in [1.807, 2.05) is 25.3 Å². The fraction of sp³-hybridized carbons (Fsp3) is 0.364. The number of aryl methyl sites for hydroxylation is 1. The number of carbonyl (C=O) groups is 1. The van der Waals surface area contributed by atoms with Crippen LogP contribution in [0.4, 0.5) is 0 Å². The van der Waals surface area contributed by atoms with Crippen LogP contribution in [-0.2, 0) is 0 Å². The molecule has 0 aliphatic rings. The summed E-state index contributed by atoms with van der Waals surface area (Å²) < 4.78 is 0. The van der Waals surface area contributed by atoms with Gasteiger partial charge in [0.2, 0.25) is 0 Å². The van der Waals surface area contributed by atoms with Crippen LogP contribution >= 0.6 is 11.3 Å². The minimum Gasteiger partial charge on any atom is -0.293 e. The lowest BCUT2D eigenvalue weighted by Crippen LogP contribution is -1.97. The molecule has 0 N–H and O–H groups in total. The summed E-state index contributed by atoms with van der Waals surface area (Å²) in [5.74, 6) is 0.246. The van der Waals surface area contributed by atoms with Gasteiger partial charge in [-0.2, -0.15) is 0 Å². The van der Waals surface area contributed by atoms with Crippen LogP contribution in [0.3, 0.4) is 0 Å². The highest BCUT2D eigenvalue weighted by molar-refractivity contribution is 7.12. The normalized spacial score (nSPS) is 10.0. The molecule has 1 aromatic heterocycles. The number of carbonyl (C=O) groups excluding carboxylic acids is 1. The Bertz CT molecular complexity index is 323.